The second kappa shape index (κ2) is 14.8. The summed E-state index contributed by atoms with van der Waals surface area (Å²) in [7, 11) is 0. The zero-order valence-electron chi connectivity index (χ0n) is 35.7. The molecule has 8 aliphatic rings. The van der Waals surface area contributed by atoms with Crippen LogP contribution in [0.4, 0.5) is 0 Å². The van der Waals surface area contributed by atoms with Gasteiger partial charge in [-0.05, 0) is 158 Å². The quantitative estimate of drug-likeness (QED) is 0.197. The van der Waals surface area contributed by atoms with Crippen LogP contribution in [-0.4, -0.2) is 62.9 Å². The zero-order valence-corrected chi connectivity index (χ0v) is 35.7. The van der Waals surface area contributed by atoms with E-state index in [1.54, 1.807) is 0 Å². The topological polar surface area (TPSA) is 155 Å². The normalized spacial score (nSPS) is 50.0. The number of hydrogen-bond acceptors (Lipinski definition) is 8. The number of carboxylic acid groups (broad SMARTS) is 1. The largest absolute Gasteiger partial charge is 0.481 e. The van der Waals surface area contributed by atoms with Crippen LogP contribution >= 0.6 is 0 Å². The van der Waals surface area contributed by atoms with Gasteiger partial charge in [-0.1, -0.05) is 41.5 Å². The Kier molecular flexibility index (Phi) is 10.8. The molecule has 4 unspecified atom stereocenters. The first-order chi connectivity index (χ1) is 26.8. The Labute approximate surface area is 340 Å². The summed E-state index contributed by atoms with van der Waals surface area (Å²) in [6.45, 7) is 13.3. The SMILES string of the molecule is C[C@H](CCC(=O)O)[C@H]1CC[C@H]2[C@@H]3[C@H](O)C[C@@H]4C[C@H](OC(=O)CC[C@@H](C)[C@H]5CCC6C7C(=O)CC8CC(=O)CC[C@]8(C)C7CC(=O)[C@@]65C)CC[C@]4(C)[C@H]3C[C@H](O)[C@]12C. The van der Waals surface area contributed by atoms with Gasteiger partial charge in [-0.2, -0.15) is 0 Å². The maximum absolute atomic E-state index is 14.3. The third kappa shape index (κ3) is 6.45. The third-order valence-electron chi connectivity index (χ3n) is 20.3. The van der Waals surface area contributed by atoms with E-state index in [1.165, 1.54) is 0 Å². The van der Waals surface area contributed by atoms with Gasteiger partial charge in [0.2, 0.25) is 0 Å². The fourth-order valence-corrected chi connectivity index (χ4v) is 17.0. The van der Waals surface area contributed by atoms with Gasteiger partial charge in [0.15, 0.2) is 0 Å². The lowest BCUT2D eigenvalue weighted by molar-refractivity contribution is -0.209. The fourth-order valence-electron chi connectivity index (χ4n) is 17.0. The minimum Gasteiger partial charge on any atom is -0.481 e. The second-order valence-electron chi connectivity index (χ2n) is 22.4. The monoisotopic (exact) mass is 793 g/mol. The highest BCUT2D eigenvalue weighted by Gasteiger charge is 2.68. The number of ketones is 3. The molecule has 0 heterocycles. The van der Waals surface area contributed by atoms with E-state index in [-0.39, 0.29) is 123 Å². The Morgan fingerprint density at radius 3 is 2.14 bits per heavy atom. The molecule has 0 aromatic rings. The number of aliphatic hydroxyl groups excluding tert-OH is 2. The van der Waals surface area contributed by atoms with Gasteiger partial charge < -0.3 is 20.1 Å². The molecule has 19 atom stereocenters. The number of carboxylic acids is 1. The van der Waals surface area contributed by atoms with Crippen molar-refractivity contribution in [1.29, 1.82) is 0 Å². The van der Waals surface area contributed by atoms with E-state index >= 15 is 0 Å². The first kappa shape index (κ1) is 41.6. The van der Waals surface area contributed by atoms with E-state index in [2.05, 4.69) is 41.5 Å². The van der Waals surface area contributed by atoms with E-state index in [9.17, 15) is 39.3 Å². The highest BCUT2D eigenvalue weighted by Crippen LogP contribution is 2.69. The number of fused-ring (bicyclic) bond motifs is 10. The number of rotatable bonds is 9. The summed E-state index contributed by atoms with van der Waals surface area (Å²) in [5, 5.41) is 33.1. The molecule has 0 aromatic heterocycles. The number of esters is 1. The van der Waals surface area contributed by atoms with Crippen molar-refractivity contribution in [2.75, 3.05) is 0 Å². The highest BCUT2D eigenvalue weighted by atomic mass is 16.5. The predicted molar refractivity (Wildman–Crippen MR) is 213 cm³/mol. The van der Waals surface area contributed by atoms with Crippen LogP contribution in [0.1, 0.15) is 157 Å². The van der Waals surface area contributed by atoms with Crippen LogP contribution in [0, 0.1) is 92.7 Å². The lowest BCUT2D eigenvalue weighted by Crippen LogP contribution is -2.62. The molecule has 0 saturated heterocycles. The van der Waals surface area contributed by atoms with Gasteiger partial charge in [0, 0.05) is 49.9 Å². The summed E-state index contributed by atoms with van der Waals surface area (Å²) in [5.74, 6) is 1.29. The molecule has 57 heavy (non-hydrogen) atoms. The molecule has 318 valence electrons. The Hall–Kier alpha value is -2.13. The number of carbonyl (C=O) groups excluding carboxylic acids is 4. The minimum absolute atomic E-state index is 0.0316. The molecule has 0 radical (unpaired) electrons. The fraction of sp³-hybridized carbons (Fsp3) is 0.896. The molecule has 3 N–H and O–H groups in total. The van der Waals surface area contributed by atoms with Crippen LogP contribution in [-0.2, 0) is 28.7 Å². The Bertz CT molecular complexity index is 1640. The van der Waals surface area contributed by atoms with E-state index in [1.807, 2.05) is 0 Å². The number of carbonyl (C=O) groups is 5. The zero-order chi connectivity index (χ0) is 41.0. The predicted octanol–water partition coefficient (Wildman–Crippen LogP) is 8.00. The average Bonchev–Trinajstić information content (AvgIpc) is 3.70. The third-order valence-corrected chi connectivity index (χ3v) is 20.3. The molecular formula is C48H72O9. The standard InChI is InChI=1S/C48H72O9/c1-25(7-13-41(54)55)31-9-11-34-44-36(24-40(53)47(31,34)5)46(4)18-16-30(20-28(46)22-38(44)51)57-42(56)14-8-26(2)32-10-12-33-43-35(23-39(52)48(32,33)6)45(3)17-15-29(49)19-27(45)21-37(43)50/h25-28,30-36,38,40,43-44,51,53H,7-24H2,1-6H3,(H,54,55)/t25-,26-,27?,28+,30-,31-,32-,33?,34+,35?,36+,38-,40+,43?,44+,45+,46+,47-,48-/m1/s1. The first-order valence-electron chi connectivity index (χ1n) is 23.2. The van der Waals surface area contributed by atoms with Gasteiger partial charge in [0.1, 0.15) is 23.5 Å². The van der Waals surface area contributed by atoms with Crippen molar-refractivity contribution in [3.8, 4) is 0 Å². The van der Waals surface area contributed by atoms with Crippen LogP contribution in [0.3, 0.4) is 0 Å². The minimum atomic E-state index is -0.776. The van der Waals surface area contributed by atoms with Crippen molar-refractivity contribution in [1.82, 2.24) is 0 Å². The maximum atomic E-state index is 14.3. The molecule has 8 aliphatic carbocycles. The summed E-state index contributed by atoms with van der Waals surface area (Å²) in [5.41, 5.74) is -1.08. The Morgan fingerprint density at radius 1 is 0.737 bits per heavy atom. The van der Waals surface area contributed by atoms with E-state index in [0.717, 1.165) is 51.4 Å². The van der Waals surface area contributed by atoms with Crippen molar-refractivity contribution in [3.63, 3.8) is 0 Å². The molecule has 9 nitrogen and oxygen atoms in total. The molecule has 9 heteroatoms. The van der Waals surface area contributed by atoms with Crippen molar-refractivity contribution in [2.45, 2.75) is 175 Å². The smallest absolute Gasteiger partial charge is 0.306 e. The van der Waals surface area contributed by atoms with E-state index in [4.69, 9.17) is 4.74 Å². The molecule has 0 amide bonds. The molecular weight excluding hydrogens is 721 g/mol. The van der Waals surface area contributed by atoms with Crippen molar-refractivity contribution in [2.24, 2.45) is 92.7 Å². The highest BCUT2D eigenvalue weighted by molar-refractivity contribution is 5.93. The molecule has 0 spiro atoms. The van der Waals surface area contributed by atoms with Crippen molar-refractivity contribution in [3.05, 3.63) is 0 Å². The number of hydrogen-bond donors (Lipinski definition) is 3. The van der Waals surface area contributed by atoms with Gasteiger partial charge in [0.25, 0.3) is 0 Å². The summed E-state index contributed by atoms with van der Waals surface area (Å²) in [6.07, 6.45) is 10.7. The van der Waals surface area contributed by atoms with Gasteiger partial charge in [-0.3, -0.25) is 24.0 Å². The van der Waals surface area contributed by atoms with Crippen molar-refractivity contribution >= 4 is 29.3 Å². The summed E-state index contributed by atoms with van der Waals surface area (Å²) in [6, 6.07) is 0. The lowest BCUT2D eigenvalue weighted by Gasteiger charge is -2.63. The van der Waals surface area contributed by atoms with Crippen LogP contribution in [0.25, 0.3) is 0 Å². The van der Waals surface area contributed by atoms with Gasteiger partial charge >= 0.3 is 11.9 Å². The summed E-state index contributed by atoms with van der Waals surface area (Å²) in [4.78, 5) is 65.3. The first-order valence-corrected chi connectivity index (χ1v) is 23.2. The molecule has 8 rings (SSSR count). The molecule has 8 saturated carbocycles. The number of ether oxygens (including phenoxy) is 1. The van der Waals surface area contributed by atoms with Crippen LogP contribution in [0.2, 0.25) is 0 Å². The van der Waals surface area contributed by atoms with Crippen molar-refractivity contribution < 1.29 is 44.0 Å². The molecule has 0 aromatic carbocycles. The van der Waals surface area contributed by atoms with Gasteiger partial charge in [-0.15, -0.1) is 0 Å². The average molecular weight is 793 g/mol. The van der Waals surface area contributed by atoms with Gasteiger partial charge in [0.05, 0.1) is 12.2 Å². The number of aliphatic hydroxyl groups is 2. The Morgan fingerprint density at radius 2 is 1.40 bits per heavy atom. The lowest BCUT2D eigenvalue weighted by atomic mass is 9.43. The number of Topliss-reactive ketones (excluding diaryl/α,β-unsaturated/α-hetero) is 3. The molecule has 0 aliphatic heterocycles. The second-order valence-corrected chi connectivity index (χ2v) is 22.4. The van der Waals surface area contributed by atoms with Crippen LogP contribution in [0.5, 0.6) is 0 Å². The van der Waals surface area contributed by atoms with Crippen LogP contribution in [0.15, 0.2) is 0 Å². The maximum Gasteiger partial charge on any atom is 0.306 e. The summed E-state index contributed by atoms with van der Waals surface area (Å²) >= 11 is 0. The molecule has 8 fully saturated rings. The number of aliphatic carboxylic acids is 1. The molecule has 0 bridgehead atoms. The van der Waals surface area contributed by atoms with E-state index in [0.29, 0.717) is 57.8 Å². The van der Waals surface area contributed by atoms with Gasteiger partial charge in [-0.25, -0.2) is 0 Å². The Balaban J connectivity index is 0.870. The van der Waals surface area contributed by atoms with E-state index < -0.39 is 23.6 Å². The van der Waals surface area contributed by atoms with Crippen LogP contribution < -0.4 is 0 Å². The summed E-state index contributed by atoms with van der Waals surface area (Å²) < 4.78 is 6.22.